The van der Waals surface area contributed by atoms with E-state index in [-0.39, 0.29) is 16.0 Å². The van der Waals surface area contributed by atoms with Gasteiger partial charge in [-0.25, -0.2) is 0 Å². The molecule has 2 aromatic rings. The van der Waals surface area contributed by atoms with Crippen molar-refractivity contribution in [2.45, 2.75) is 207 Å². The van der Waals surface area contributed by atoms with Crippen LogP contribution < -0.4 is 10.6 Å². The summed E-state index contributed by atoms with van der Waals surface area (Å²) in [7, 11) is -5.31. The van der Waals surface area contributed by atoms with E-state index in [1.807, 2.05) is 25.1 Å². The van der Waals surface area contributed by atoms with Crippen LogP contribution in [-0.2, 0) is 18.3 Å². The molecule has 0 fully saturated rings. The quantitative estimate of drug-likeness (QED) is 0.0648. The zero-order chi connectivity index (χ0) is 35.3. The molecule has 0 aliphatic heterocycles. The van der Waals surface area contributed by atoms with Crippen LogP contribution in [0.1, 0.15) is 205 Å². The van der Waals surface area contributed by atoms with E-state index in [1.165, 1.54) is 140 Å². The number of hydrogen-bond acceptors (Lipinski definition) is 3. The van der Waals surface area contributed by atoms with Gasteiger partial charge in [0.25, 0.3) is 0 Å². The van der Waals surface area contributed by atoms with Gasteiger partial charge >= 0.3 is 202 Å². The van der Waals surface area contributed by atoms with Crippen LogP contribution in [0, 0.1) is 6.92 Å². The molecule has 0 aliphatic rings. The third-order valence-electron chi connectivity index (χ3n) is 10.4. The van der Waals surface area contributed by atoms with Crippen LogP contribution in [0.5, 0.6) is 0 Å². The number of hydrogen-bond donors (Lipinski definition) is 3. The van der Waals surface area contributed by atoms with Crippen LogP contribution in [-0.4, -0.2) is 14.7 Å². The van der Waals surface area contributed by atoms with Gasteiger partial charge in [-0.15, -0.1) is 0 Å². The van der Waals surface area contributed by atoms with Crippen molar-refractivity contribution in [2.75, 3.05) is 0 Å². The van der Waals surface area contributed by atoms with Gasteiger partial charge in [-0.05, 0) is 0 Å². The van der Waals surface area contributed by atoms with Crippen molar-refractivity contribution in [3.63, 3.8) is 0 Å². The number of rotatable bonds is 27. The molecular weight excluding hydrogens is 607 g/mol. The maximum absolute atomic E-state index is 11.7. The first-order valence-electron chi connectivity index (χ1n) is 20.4. The van der Waals surface area contributed by atoms with E-state index in [0.717, 1.165) is 43.2 Å². The van der Waals surface area contributed by atoms with Gasteiger partial charge in [-0.1, -0.05) is 96.8 Å². The Morgan fingerprint density at radius 3 is 1.21 bits per heavy atom. The fourth-order valence-corrected chi connectivity index (χ4v) is 9.82. The van der Waals surface area contributed by atoms with Crippen molar-refractivity contribution in [3.8, 4) is 0 Å². The molecule has 0 spiro atoms. The molecule has 276 valence electrons. The van der Waals surface area contributed by atoms with Gasteiger partial charge in [0.15, 0.2) is 0 Å². The fourth-order valence-electron chi connectivity index (χ4n) is 7.31. The molecule has 0 unspecified atom stereocenters. The molecule has 0 aromatic heterocycles. The summed E-state index contributed by atoms with van der Waals surface area (Å²) in [5.74, 6) is 0. The van der Waals surface area contributed by atoms with Crippen molar-refractivity contribution in [3.05, 3.63) is 58.7 Å². The molecule has 3 N–H and O–H groups in total. The Labute approximate surface area is 297 Å². The minimum atomic E-state index is -5.31. The zero-order valence-corrected chi connectivity index (χ0v) is 33.3. The molecule has 0 saturated heterocycles. The third kappa shape index (κ3) is 15.7. The predicted molar refractivity (Wildman–Crippen MR) is 214 cm³/mol. The van der Waals surface area contributed by atoms with E-state index in [9.17, 15) is 14.7 Å². The molecule has 0 atom stereocenters. The number of unbranched alkanes of at least 4 members (excludes halogenated alkanes) is 21. The van der Waals surface area contributed by atoms with Gasteiger partial charge in [-0.3, -0.25) is 0 Å². The summed E-state index contributed by atoms with van der Waals surface area (Å²) in [6, 6.07) is 11.6. The van der Waals surface area contributed by atoms with Gasteiger partial charge < -0.3 is 0 Å². The third-order valence-corrected chi connectivity index (χ3v) is 13.1. The van der Waals surface area contributed by atoms with E-state index in [4.69, 9.17) is 0 Å². The van der Waals surface area contributed by atoms with Crippen LogP contribution in [0.25, 0.3) is 0 Å². The van der Waals surface area contributed by atoms with Crippen LogP contribution in [0.4, 0.5) is 0 Å². The van der Waals surface area contributed by atoms with Crippen molar-refractivity contribution in [1.29, 1.82) is 0 Å². The second-order valence-corrected chi connectivity index (χ2v) is 19.1. The summed E-state index contributed by atoms with van der Waals surface area (Å²) in [4.78, 5) is 35.1. The van der Waals surface area contributed by atoms with E-state index < -0.39 is 7.28 Å². The second kappa shape index (κ2) is 22.5. The molecule has 0 heterocycles. The molecule has 48 heavy (non-hydrogen) atoms. The Hall–Kier alpha value is -1.25. The molecular formula is C44H77O3P. The number of aryl methyl sites for hydroxylation is 3. The standard InChI is InChI=1S/C44H77O3P/c1-7-9-11-12-13-14-15-16-17-18-19-20-21-22-23-24-25-26-27-28-29-31-39-32-34-42(38(3)36-39)48(45,46,47)43-35-33-40(30-10-8-2)37-41(43)44(4,5)6/h32-37,45-47H,7-31H2,1-6H3. The van der Waals surface area contributed by atoms with E-state index in [2.05, 4.69) is 40.7 Å². The zero-order valence-electron chi connectivity index (χ0n) is 32.4. The van der Waals surface area contributed by atoms with Gasteiger partial charge in [0.2, 0.25) is 0 Å². The Morgan fingerprint density at radius 2 is 0.812 bits per heavy atom. The van der Waals surface area contributed by atoms with Crippen LogP contribution in [0.3, 0.4) is 0 Å². The van der Waals surface area contributed by atoms with Crippen LogP contribution in [0.15, 0.2) is 36.4 Å². The number of benzene rings is 2. The van der Waals surface area contributed by atoms with Crippen molar-refractivity contribution in [2.24, 2.45) is 0 Å². The van der Waals surface area contributed by atoms with E-state index in [1.54, 1.807) is 12.1 Å². The second-order valence-electron chi connectivity index (χ2n) is 16.1. The SMILES string of the molecule is CCCCCCCCCCCCCCCCCCCCCCCc1ccc(P(O)(O)(O)c2ccc(CCCC)cc2C(C)(C)C)c(C)c1. The first-order valence-corrected chi connectivity index (χ1v) is 22.5. The maximum atomic E-state index is 11.7. The molecule has 3 nitrogen and oxygen atoms in total. The summed E-state index contributed by atoms with van der Waals surface area (Å²) in [6.45, 7) is 12.6. The topological polar surface area (TPSA) is 60.7 Å². The average Bonchev–Trinajstić information content (AvgIpc) is 3.03. The average molecular weight is 685 g/mol. The Morgan fingerprint density at radius 1 is 0.458 bits per heavy atom. The van der Waals surface area contributed by atoms with Gasteiger partial charge in [0.05, 0.1) is 0 Å². The molecule has 0 radical (unpaired) electrons. The normalized spacial score (nSPS) is 13.1. The first kappa shape index (κ1) is 42.9. The summed E-state index contributed by atoms with van der Waals surface area (Å²) >= 11 is 0. The summed E-state index contributed by atoms with van der Waals surface area (Å²) in [6.07, 6.45) is 33.3. The van der Waals surface area contributed by atoms with E-state index >= 15 is 0 Å². The minimum absolute atomic E-state index is 0.260. The van der Waals surface area contributed by atoms with Crippen LogP contribution >= 0.6 is 7.28 Å². The molecule has 4 heteroatoms. The fraction of sp³-hybridized carbons (Fsp3) is 0.727. The van der Waals surface area contributed by atoms with E-state index in [0.29, 0.717) is 0 Å². The molecule has 0 amide bonds. The van der Waals surface area contributed by atoms with Gasteiger partial charge in [0, 0.05) is 0 Å². The summed E-state index contributed by atoms with van der Waals surface area (Å²) in [5, 5.41) is 0.532. The van der Waals surface area contributed by atoms with Gasteiger partial charge in [-0.2, -0.15) is 0 Å². The monoisotopic (exact) mass is 685 g/mol. The van der Waals surface area contributed by atoms with Crippen molar-refractivity contribution >= 4 is 17.9 Å². The molecule has 0 bridgehead atoms. The molecule has 2 aromatic carbocycles. The Balaban J connectivity index is 1.64. The summed E-state index contributed by atoms with van der Waals surface area (Å²) in [5.41, 5.74) is 3.59. The molecule has 0 aliphatic carbocycles. The molecule has 0 saturated carbocycles. The van der Waals surface area contributed by atoms with Crippen molar-refractivity contribution < 1.29 is 14.7 Å². The summed E-state index contributed by atoms with van der Waals surface area (Å²) < 4.78 is 0. The Kier molecular flexibility index (Phi) is 20.2. The Bertz CT molecular complexity index is 1140. The predicted octanol–water partition coefficient (Wildman–Crippen LogP) is 12.6. The first-order chi connectivity index (χ1) is 22.9. The van der Waals surface area contributed by atoms with Crippen molar-refractivity contribution in [1.82, 2.24) is 0 Å². The van der Waals surface area contributed by atoms with Crippen LogP contribution in [0.2, 0.25) is 0 Å². The molecule has 2 rings (SSSR count). The van der Waals surface area contributed by atoms with Gasteiger partial charge in [0.1, 0.15) is 0 Å².